The normalized spacial score (nSPS) is 26.0. The molecule has 2 N–H and O–H groups in total. The predicted molar refractivity (Wildman–Crippen MR) is 78.9 cm³/mol. The molecule has 3 unspecified atom stereocenters. The van der Waals surface area contributed by atoms with Gasteiger partial charge in [0.05, 0.1) is 0 Å². The van der Waals surface area contributed by atoms with Crippen LogP contribution in [0.5, 0.6) is 0 Å². The van der Waals surface area contributed by atoms with Gasteiger partial charge in [-0.2, -0.15) is 0 Å². The van der Waals surface area contributed by atoms with Crippen LogP contribution in [-0.4, -0.2) is 0 Å². The van der Waals surface area contributed by atoms with E-state index in [0.29, 0.717) is 5.92 Å². The fourth-order valence-corrected chi connectivity index (χ4v) is 3.61. The van der Waals surface area contributed by atoms with E-state index in [1.807, 2.05) is 12.1 Å². The lowest BCUT2D eigenvalue weighted by molar-refractivity contribution is 0.196. The Balaban J connectivity index is 2.23. The topological polar surface area (TPSA) is 26.0 Å². The second-order valence-electron chi connectivity index (χ2n) is 5.60. The molecule has 0 bridgehead atoms. The molecule has 1 aromatic carbocycles. The van der Waals surface area contributed by atoms with Crippen LogP contribution >= 0.6 is 11.6 Å². The molecule has 0 spiro atoms. The fraction of sp³-hybridized carbons (Fsp3) is 0.625. The quantitative estimate of drug-likeness (QED) is 0.829. The van der Waals surface area contributed by atoms with Crippen molar-refractivity contribution in [3.63, 3.8) is 0 Å². The highest BCUT2D eigenvalue weighted by Gasteiger charge is 2.30. The smallest absolute Gasteiger partial charge is 0.0438 e. The van der Waals surface area contributed by atoms with Gasteiger partial charge in [0.25, 0.3) is 0 Å². The van der Waals surface area contributed by atoms with Gasteiger partial charge in [0.1, 0.15) is 0 Å². The van der Waals surface area contributed by atoms with Crippen LogP contribution in [0.3, 0.4) is 0 Å². The van der Waals surface area contributed by atoms with E-state index in [1.54, 1.807) is 0 Å². The Bertz CT molecular complexity index is 402. The summed E-state index contributed by atoms with van der Waals surface area (Å²) in [6.07, 6.45) is 6.56. The van der Waals surface area contributed by atoms with Gasteiger partial charge >= 0.3 is 0 Å². The highest BCUT2D eigenvalue weighted by molar-refractivity contribution is 6.31. The highest BCUT2D eigenvalue weighted by Crippen LogP contribution is 2.40. The number of hydrogen-bond donors (Lipinski definition) is 1. The molecule has 0 heterocycles. The van der Waals surface area contributed by atoms with E-state index >= 15 is 0 Å². The lowest BCUT2D eigenvalue weighted by Gasteiger charge is -2.36. The minimum absolute atomic E-state index is 0.147. The standard InChI is InChI=1S/C16H24ClN/c1-3-12-7-4-5-8-14(12)16(18)13-9-6-10-15(17)11(13)2/h6,9-10,12,14,16H,3-5,7-8,18H2,1-2H3. The van der Waals surface area contributed by atoms with Crippen LogP contribution in [0.4, 0.5) is 0 Å². The highest BCUT2D eigenvalue weighted by atomic mass is 35.5. The Labute approximate surface area is 116 Å². The number of nitrogens with two attached hydrogens (primary N) is 1. The van der Waals surface area contributed by atoms with Gasteiger partial charge in [-0.3, -0.25) is 0 Å². The van der Waals surface area contributed by atoms with Crippen molar-refractivity contribution in [1.82, 2.24) is 0 Å². The number of rotatable bonds is 3. The average Bonchev–Trinajstić information content (AvgIpc) is 2.41. The molecular formula is C16H24ClN. The maximum Gasteiger partial charge on any atom is 0.0438 e. The van der Waals surface area contributed by atoms with Crippen molar-refractivity contribution in [2.45, 2.75) is 52.0 Å². The maximum atomic E-state index is 6.55. The largest absolute Gasteiger partial charge is 0.324 e. The number of halogens is 1. The summed E-state index contributed by atoms with van der Waals surface area (Å²) in [6, 6.07) is 6.27. The molecule has 0 amide bonds. The molecule has 0 aromatic heterocycles. The molecule has 3 atom stereocenters. The zero-order valence-electron chi connectivity index (χ0n) is 11.5. The molecule has 1 saturated carbocycles. The second-order valence-corrected chi connectivity index (χ2v) is 6.00. The van der Waals surface area contributed by atoms with Crippen molar-refractivity contribution in [2.24, 2.45) is 17.6 Å². The van der Waals surface area contributed by atoms with Crippen LogP contribution in [0.25, 0.3) is 0 Å². The minimum Gasteiger partial charge on any atom is -0.324 e. The van der Waals surface area contributed by atoms with Crippen LogP contribution in [0, 0.1) is 18.8 Å². The predicted octanol–water partition coefficient (Wildman–Crippen LogP) is 4.86. The number of benzene rings is 1. The summed E-state index contributed by atoms with van der Waals surface area (Å²) < 4.78 is 0. The minimum atomic E-state index is 0.147. The molecule has 0 aliphatic heterocycles. The lowest BCUT2D eigenvalue weighted by atomic mass is 9.72. The van der Waals surface area contributed by atoms with Crippen molar-refractivity contribution in [3.8, 4) is 0 Å². The van der Waals surface area contributed by atoms with Crippen LogP contribution < -0.4 is 5.73 Å². The van der Waals surface area contributed by atoms with Gasteiger partial charge in [-0.25, -0.2) is 0 Å². The third-order valence-electron chi connectivity index (χ3n) is 4.62. The molecule has 100 valence electrons. The molecule has 0 saturated heterocycles. The lowest BCUT2D eigenvalue weighted by Crippen LogP contribution is -2.30. The SMILES string of the molecule is CCC1CCCCC1C(N)c1cccc(Cl)c1C. The Hall–Kier alpha value is -0.530. The molecule has 0 radical (unpaired) electrons. The Morgan fingerprint density at radius 3 is 2.78 bits per heavy atom. The third-order valence-corrected chi connectivity index (χ3v) is 5.03. The molecule has 1 aromatic rings. The second kappa shape index (κ2) is 6.08. The molecule has 2 rings (SSSR count). The van der Waals surface area contributed by atoms with Crippen molar-refractivity contribution >= 4 is 11.6 Å². The van der Waals surface area contributed by atoms with Gasteiger partial charge in [0, 0.05) is 11.1 Å². The molecule has 1 fully saturated rings. The van der Waals surface area contributed by atoms with Crippen molar-refractivity contribution in [3.05, 3.63) is 34.3 Å². The van der Waals surface area contributed by atoms with E-state index in [9.17, 15) is 0 Å². The molecular weight excluding hydrogens is 242 g/mol. The summed E-state index contributed by atoms with van der Waals surface area (Å²) in [6.45, 7) is 4.38. The van der Waals surface area contributed by atoms with Crippen LogP contribution in [0.15, 0.2) is 18.2 Å². The van der Waals surface area contributed by atoms with Gasteiger partial charge in [0.2, 0.25) is 0 Å². The fourth-order valence-electron chi connectivity index (χ4n) is 3.43. The van der Waals surface area contributed by atoms with Crippen molar-refractivity contribution in [1.29, 1.82) is 0 Å². The van der Waals surface area contributed by atoms with E-state index < -0.39 is 0 Å². The molecule has 1 aliphatic rings. The Kier molecular flexibility index (Phi) is 4.69. The first-order chi connectivity index (χ1) is 8.65. The van der Waals surface area contributed by atoms with E-state index in [1.165, 1.54) is 37.7 Å². The average molecular weight is 266 g/mol. The van der Waals surface area contributed by atoms with Crippen molar-refractivity contribution < 1.29 is 0 Å². The van der Waals surface area contributed by atoms with Crippen LogP contribution in [0.1, 0.15) is 56.2 Å². The van der Waals surface area contributed by atoms with E-state index in [2.05, 4.69) is 19.9 Å². The number of hydrogen-bond acceptors (Lipinski definition) is 1. The Morgan fingerprint density at radius 1 is 1.33 bits per heavy atom. The van der Waals surface area contributed by atoms with Gasteiger partial charge in [0.15, 0.2) is 0 Å². The van der Waals surface area contributed by atoms with Crippen LogP contribution in [-0.2, 0) is 0 Å². The van der Waals surface area contributed by atoms with Gasteiger partial charge in [-0.05, 0) is 42.4 Å². The molecule has 1 aliphatic carbocycles. The first-order valence-electron chi connectivity index (χ1n) is 7.15. The molecule has 2 heteroatoms. The summed E-state index contributed by atoms with van der Waals surface area (Å²) in [7, 11) is 0. The van der Waals surface area contributed by atoms with E-state index in [4.69, 9.17) is 17.3 Å². The van der Waals surface area contributed by atoms with E-state index in [-0.39, 0.29) is 6.04 Å². The van der Waals surface area contributed by atoms with Gasteiger partial charge in [-0.1, -0.05) is 56.3 Å². The first-order valence-corrected chi connectivity index (χ1v) is 7.53. The maximum absolute atomic E-state index is 6.55. The molecule has 1 nitrogen and oxygen atoms in total. The van der Waals surface area contributed by atoms with E-state index in [0.717, 1.165) is 16.5 Å². The summed E-state index contributed by atoms with van der Waals surface area (Å²) in [5.41, 5.74) is 8.95. The van der Waals surface area contributed by atoms with Crippen LogP contribution in [0.2, 0.25) is 5.02 Å². The zero-order valence-corrected chi connectivity index (χ0v) is 12.2. The monoisotopic (exact) mass is 265 g/mol. The van der Waals surface area contributed by atoms with Gasteiger partial charge < -0.3 is 5.73 Å². The Morgan fingerprint density at radius 2 is 2.06 bits per heavy atom. The van der Waals surface area contributed by atoms with Crippen molar-refractivity contribution in [2.75, 3.05) is 0 Å². The molecule has 18 heavy (non-hydrogen) atoms. The zero-order chi connectivity index (χ0) is 13.1. The van der Waals surface area contributed by atoms with Gasteiger partial charge in [-0.15, -0.1) is 0 Å². The summed E-state index contributed by atoms with van der Waals surface area (Å²) in [5, 5.41) is 0.840. The first kappa shape index (κ1) is 13.9. The summed E-state index contributed by atoms with van der Waals surface area (Å²) >= 11 is 6.21. The summed E-state index contributed by atoms with van der Waals surface area (Å²) in [5.74, 6) is 1.41. The third kappa shape index (κ3) is 2.73. The summed E-state index contributed by atoms with van der Waals surface area (Å²) in [4.78, 5) is 0.